The molecule has 0 aliphatic carbocycles. The fourth-order valence-electron chi connectivity index (χ4n) is 1.77. The van der Waals surface area contributed by atoms with E-state index in [1.807, 2.05) is 0 Å². The average molecular weight is 282 g/mol. The summed E-state index contributed by atoms with van der Waals surface area (Å²) in [5.74, 6) is -0.268. The van der Waals surface area contributed by atoms with Gasteiger partial charge in [-0.25, -0.2) is 4.39 Å². The van der Waals surface area contributed by atoms with Gasteiger partial charge in [-0.05, 0) is 37.2 Å². The van der Waals surface area contributed by atoms with Gasteiger partial charge < -0.3 is 10.2 Å². The van der Waals surface area contributed by atoms with Crippen LogP contribution in [0.25, 0.3) is 0 Å². The highest BCUT2D eigenvalue weighted by Crippen LogP contribution is 2.13. The predicted octanol–water partition coefficient (Wildman–Crippen LogP) is 4.42. The van der Waals surface area contributed by atoms with E-state index in [2.05, 4.69) is 24.1 Å². The molecule has 1 rings (SSSR count). The van der Waals surface area contributed by atoms with Crippen LogP contribution in [0.5, 0.6) is 0 Å². The van der Waals surface area contributed by atoms with Gasteiger partial charge >= 0.3 is 0 Å². The lowest BCUT2D eigenvalue weighted by Gasteiger charge is -2.25. The first kappa shape index (κ1) is 15.9. The van der Waals surface area contributed by atoms with Crippen LogP contribution < -0.4 is 5.32 Å². The molecule has 0 saturated heterocycles. The van der Waals surface area contributed by atoms with Gasteiger partial charge in [0.05, 0.1) is 5.69 Å². The number of para-hydroxylation sites is 1. The van der Waals surface area contributed by atoms with Crippen LogP contribution in [0.15, 0.2) is 24.3 Å². The summed E-state index contributed by atoms with van der Waals surface area (Å²) in [6, 6.07) is 6.62. The van der Waals surface area contributed by atoms with Gasteiger partial charge in [0, 0.05) is 13.1 Å². The molecule has 0 bridgehead atoms. The molecule has 0 aliphatic rings. The lowest BCUT2D eigenvalue weighted by molar-refractivity contribution is 0.403. The Morgan fingerprint density at radius 3 is 2.26 bits per heavy atom. The van der Waals surface area contributed by atoms with E-state index < -0.39 is 0 Å². The molecule has 106 valence electrons. The van der Waals surface area contributed by atoms with E-state index in [1.165, 1.54) is 6.07 Å². The normalized spacial score (nSPS) is 10.3. The third-order valence-electron chi connectivity index (χ3n) is 2.97. The van der Waals surface area contributed by atoms with Crippen molar-refractivity contribution in [3.63, 3.8) is 0 Å². The molecule has 4 heteroatoms. The maximum absolute atomic E-state index is 13.6. The average Bonchev–Trinajstić information content (AvgIpc) is 2.41. The monoisotopic (exact) mass is 282 g/mol. The molecule has 19 heavy (non-hydrogen) atoms. The van der Waals surface area contributed by atoms with Gasteiger partial charge in [0.25, 0.3) is 0 Å². The maximum atomic E-state index is 13.6. The lowest BCUT2D eigenvalue weighted by Crippen LogP contribution is -2.36. The third kappa shape index (κ3) is 5.55. The van der Waals surface area contributed by atoms with E-state index in [9.17, 15) is 4.39 Å². The van der Waals surface area contributed by atoms with Crippen LogP contribution in [0.2, 0.25) is 0 Å². The SMILES string of the molecule is CCCCN(CCCC)C(=S)Nc1ccccc1F. The van der Waals surface area contributed by atoms with Gasteiger partial charge in [0.2, 0.25) is 0 Å². The topological polar surface area (TPSA) is 15.3 Å². The van der Waals surface area contributed by atoms with Crippen LogP contribution in [0.4, 0.5) is 10.1 Å². The van der Waals surface area contributed by atoms with Crippen molar-refractivity contribution in [2.24, 2.45) is 0 Å². The summed E-state index contributed by atoms with van der Waals surface area (Å²) in [5, 5.41) is 3.63. The Labute approximate surface area is 121 Å². The van der Waals surface area contributed by atoms with Crippen molar-refractivity contribution >= 4 is 23.0 Å². The van der Waals surface area contributed by atoms with Crippen molar-refractivity contribution in [3.8, 4) is 0 Å². The lowest BCUT2D eigenvalue weighted by atomic mass is 10.2. The molecule has 2 nitrogen and oxygen atoms in total. The molecule has 1 aromatic carbocycles. The zero-order chi connectivity index (χ0) is 14.1. The number of hydrogen-bond acceptors (Lipinski definition) is 1. The quantitative estimate of drug-likeness (QED) is 0.745. The molecule has 0 radical (unpaired) electrons. The van der Waals surface area contributed by atoms with Gasteiger partial charge in [0.1, 0.15) is 5.82 Å². The number of halogens is 1. The van der Waals surface area contributed by atoms with Crippen LogP contribution >= 0.6 is 12.2 Å². The summed E-state index contributed by atoms with van der Waals surface area (Å²) < 4.78 is 13.6. The predicted molar refractivity (Wildman–Crippen MR) is 84.0 cm³/mol. The van der Waals surface area contributed by atoms with Crippen molar-refractivity contribution in [1.82, 2.24) is 4.90 Å². The van der Waals surface area contributed by atoms with Crippen LogP contribution in [0.1, 0.15) is 39.5 Å². The molecule has 0 amide bonds. The fourth-order valence-corrected chi connectivity index (χ4v) is 2.06. The molecule has 0 atom stereocenters. The molecule has 0 heterocycles. The number of nitrogens with zero attached hydrogens (tertiary/aromatic N) is 1. The molecule has 0 saturated carbocycles. The number of rotatable bonds is 7. The first-order valence-electron chi connectivity index (χ1n) is 6.99. The van der Waals surface area contributed by atoms with E-state index >= 15 is 0 Å². The van der Waals surface area contributed by atoms with Gasteiger partial charge in [-0.15, -0.1) is 0 Å². The summed E-state index contributed by atoms with van der Waals surface area (Å²) in [6.07, 6.45) is 4.46. The first-order valence-corrected chi connectivity index (χ1v) is 7.40. The Morgan fingerprint density at radius 2 is 1.74 bits per heavy atom. The summed E-state index contributed by atoms with van der Waals surface area (Å²) in [4.78, 5) is 2.13. The largest absolute Gasteiger partial charge is 0.349 e. The van der Waals surface area contributed by atoms with E-state index in [0.717, 1.165) is 38.8 Å². The molecule has 0 unspecified atom stereocenters. The Kier molecular flexibility index (Phi) is 7.41. The molecule has 0 aliphatic heterocycles. The van der Waals surface area contributed by atoms with E-state index in [1.54, 1.807) is 18.2 Å². The first-order chi connectivity index (χ1) is 9.19. The summed E-state index contributed by atoms with van der Waals surface area (Å²) >= 11 is 5.39. The van der Waals surface area contributed by atoms with Crippen LogP contribution in [-0.4, -0.2) is 23.1 Å². The Bertz CT molecular complexity index is 387. The molecular formula is C15H23FN2S. The maximum Gasteiger partial charge on any atom is 0.173 e. The number of hydrogen-bond donors (Lipinski definition) is 1. The van der Waals surface area contributed by atoms with Crippen molar-refractivity contribution < 1.29 is 4.39 Å². The molecule has 0 aromatic heterocycles. The van der Waals surface area contributed by atoms with Gasteiger partial charge in [-0.2, -0.15) is 0 Å². The molecule has 1 N–H and O–H groups in total. The minimum Gasteiger partial charge on any atom is -0.349 e. The van der Waals surface area contributed by atoms with E-state index in [-0.39, 0.29) is 5.82 Å². The van der Waals surface area contributed by atoms with Gasteiger partial charge in [0.15, 0.2) is 5.11 Å². The smallest absolute Gasteiger partial charge is 0.173 e. The van der Waals surface area contributed by atoms with E-state index in [0.29, 0.717) is 10.8 Å². The highest BCUT2D eigenvalue weighted by molar-refractivity contribution is 7.80. The van der Waals surface area contributed by atoms with Crippen molar-refractivity contribution in [2.75, 3.05) is 18.4 Å². The van der Waals surface area contributed by atoms with Crippen molar-refractivity contribution in [1.29, 1.82) is 0 Å². The standard InChI is InChI=1S/C15H23FN2S/c1-3-5-11-18(12-6-4-2)15(19)17-14-10-8-7-9-13(14)16/h7-10H,3-6,11-12H2,1-2H3,(H,17,19). The van der Waals surface area contributed by atoms with Crippen molar-refractivity contribution in [3.05, 3.63) is 30.1 Å². The molecule has 1 aromatic rings. The van der Waals surface area contributed by atoms with Gasteiger partial charge in [-0.3, -0.25) is 0 Å². The molecule has 0 spiro atoms. The number of nitrogens with one attached hydrogen (secondary N) is 1. The highest BCUT2D eigenvalue weighted by Gasteiger charge is 2.10. The third-order valence-corrected chi connectivity index (χ3v) is 3.33. The second-order valence-electron chi connectivity index (χ2n) is 4.60. The number of unbranched alkanes of at least 4 members (excludes halogenated alkanes) is 2. The molecular weight excluding hydrogens is 259 g/mol. The number of benzene rings is 1. The minimum atomic E-state index is -0.268. The summed E-state index contributed by atoms with van der Waals surface area (Å²) in [7, 11) is 0. The minimum absolute atomic E-state index is 0.268. The summed E-state index contributed by atoms with van der Waals surface area (Å²) in [5.41, 5.74) is 0.450. The zero-order valence-electron chi connectivity index (χ0n) is 11.8. The zero-order valence-corrected chi connectivity index (χ0v) is 12.6. The highest BCUT2D eigenvalue weighted by atomic mass is 32.1. The van der Waals surface area contributed by atoms with Crippen molar-refractivity contribution in [2.45, 2.75) is 39.5 Å². The summed E-state index contributed by atoms with van der Waals surface area (Å²) in [6.45, 7) is 6.17. The van der Waals surface area contributed by atoms with Gasteiger partial charge in [-0.1, -0.05) is 38.8 Å². The second-order valence-corrected chi connectivity index (χ2v) is 4.99. The molecule has 0 fully saturated rings. The number of thiocarbonyl (C=S) groups is 1. The number of anilines is 1. The van der Waals surface area contributed by atoms with E-state index in [4.69, 9.17) is 12.2 Å². The Morgan fingerprint density at radius 1 is 1.16 bits per heavy atom. The van der Waals surface area contributed by atoms with Crippen LogP contribution in [-0.2, 0) is 0 Å². The Balaban J connectivity index is 2.62. The second kappa shape index (κ2) is 8.86. The Hall–Kier alpha value is -1.16. The fraction of sp³-hybridized carbons (Fsp3) is 0.533. The van der Waals surface area contributed by atoms with Crippen LogP contribution in [0, 0.1) is 5.82 Å². The van der Waals surface area contributed by atoms with Crippen LogP contribution in [0.3, 0.4) is 0 Å².